The highest BCUT2D eigenvalue weighted by Crippen LogP contribution is 2.32. The first-order chi connectivity index (χ1) is 60.1. The van der Waals surface area contributed by atoms with Crippen molar-refractivity contribution in [2.75, 3.05) is 190 Å². The lowest BCUT2D eigenvalue weighted by Crippen LogP contribution is -2.57. The van der Waals surface area contributed by atoms with Crippen molar-refractivity contribution in [3.63, 3.8) is 0 Å². The number of morpholine rings is 6. The van der Waals surface area contributed by atoms with Crippen LogP contribution in [0.1, 0.15) is 194 Å². The van der Waals surface area contributed by atoms with E-state index in [4.69, 9.17) is 28.4 Å². The van der Waals surface area contributed by atoms with Crippen molar-refractivity contribution in [3.8, 4) is 0 Å². The smallest absolute Gasteiger partial charge is 0.0946 e. The van der Waals surface area contributed by atoms with Crippen LogP contribution in [0.25, 0.3) is 0 Å². The fourth-order valence-electron chi connectivity index (χ4n) is 15.4. The molecule has 6 aliphatic rings. The second-order valence-corrected chi connectivity index (χ2v) is 38.2. The van der Waals surface area contributed by atoms with E-state index in [2.05, 4.69) is 342 Å². The molecule has 9 aromatic rings. The lowest BCUT2D eigenvalue weighted by Gasteiger charge is -2.45. The maximum Gasteiger partial charge on any atom is 0.0946 e. The summed E-state index contributed by atoms with van der Waals surface area (Å²) in [7, 11) is 12.7. The fraction of sp³-hybridized carbons (Fsp3) is 0.606. The van der Waals surface area contributed by atoms with Crippen LogP contribution in [0.15, 0.2) is 166 Å². The first-order valence-electron chi connectivity index (χ1n) is 46.0. The molecule has 0 N–H and O–H groups in total. The summed E-state index contributed by atoms with van der Waals surface area (Å²) in [5.74, 6) is 2.84. The summed E-state index contributed by atoms with van der Waals surface area (Å²) in [5.41, 5.74) is 14.1. The zero-order chi connectivity index (χ0) is 90.8. The Morgan fingerprint density at radius 2 is 0.476 bits per heavy atom. The molecule has 0 aromatic carbocycles. The molecule has 27 nitrogen and oxygen atoms in total. The molecule has 690 valence electrons. The topological polar surface area (TPSA) is 215 Å². The van der Waals surface area contributed by atoms with Crippen LogP contribution in [0, 0.1) is 0 Å². The fourth-order valence-corrected chi connectivity index (χ4v) is 15.4. The number of nitrogens with zero attached hydrogens (tertiary/aromatic N) is 21. The molecule has 0 bridgehead atoms. The number of aromatic nitrogens is 12. The molecule has 2 unspecified atom stereocenters. The summed E-state index contributed by atoms with van der Waals surface area (Å²) in [4.78, 5) is 60.6. The molecule has 27 heteroatoms. The Balaban J connectivity index is 0.000000158. The molecule has 0 radical (unpaired) electrons. The quantitative estimate of drug-likeness (QED) is 0.0549. The van der Waals surface area contributed by atoms with Gasteiger partial charge in [-0.2, -0.15) is 0 Å². The van der Waals surface area contributed by atoms with E-state index in [1.165, 1.54) is 34.1 Å². The van der Waals surface area contributed by atoms with E-state index in [1.54, 1.807) is 18.6 Å². The van der Waals surface area contributed by atoms with Crippen LogP contribution in [-0.4, -0.2) is 287 Å². The summed E-state index contributed by atoms with van der Waals surface area (Å²) in [6.07, 6.45) is 29.9. The van der Waals surface area contributed by atoms with E-state index in [0.717, 1.165) is 172 Å². The number of anilines is 6. The van der Waals surface area contributed by atoms with Crippen molar-refractivity contribution >= 4 is 34.1 Å². The van der Waals surface area contributed by atoms with E-state index in [9.17, 15) is 0 Å². The van der Waals surface area contributed by atoms with Gasteiger partial charge in [-0.1, -0.05) is 83.1 Å². The van der Waals surface area contributed by atoms with Crippen LogP contribution in [0.5, 0.6) is 0 Å². The van der Waals surface area contributed by atoms with Gasteiger partial charge in [-0.05, 0) is 192 Å². The summed E-state index contributed by atoms with van der Waals surface area (Å²) < 4.78 is 41.8. The van der Waals surface area contributed by atoms with Gasteiger partial charge in [0.1, 0.15) is 0 Å². The Hall–Kier alpha value is -9.03. The molecule has 9 aromatic heterocycles. The van der Waals surface area contributed by atoms with Crippen molar-refractivity contribution in [2.24, 2.45) is 0 Å². The van der Waals surface area contributed by atoms with Gasteiger partial charge in [0.15, 0.2) is 0 Å². The summed E-state index contributed by atoms with van der Waals surface area (Å²) in [6.45, 7) is 57.5. The second kappa shape index (κ2) is 47.3. The van der Waals surface area contributed by atoms with Crippen LogP contribution >= 0.6 is 0 Å². The normalized spacial score (nSPS) is 19.8. The molecular formula is C99H153N21O6. The van der Waals surface area contributed by atoms with E-state index < -0.39 is 0 Å². The largest absolute Gasteiger partial charge is 0.373 e. The third kappa shape index (κ3) is 28.7. The van der Waals surface area contributed by atoms with Crippen molar-refractivity contribution in [1.82, 2.24) is 73.3 Å². The van der Waals surface area contributed by atoms with Crippen LogP contribution < -0.4 is 29.4 Å². The minimum atomic E-state index is 0.0178. The van der Waals surface area contributed by atoms with Gasteiger partial charge in [-0.25, -0.2) is 15.0 Å². The average molecular weight is 1730 g/mol. The highest BCUT2D eigenvalue weighted by molar-refractivity contribution is 5.50. The Kier molecular flexibility index (Phi) is 37.2. The van der Waals surface area contributed by atoms with Crippen molar-refractivity contribution in [2.45, 2.75) is 233 Å². The van der Waals surface area contributed by atoms with Gasteiger partial charge in [0.05, 0.1) is 186 Å². The van der Waals surface area contributed by atoms with Crippen molar-refractivity contribution < 1.29 is 28.4 Å². The van der Waals surface area contributed by atoms with Gasteiger partial charge in [0.2, 0.25) is 0 Å². The number of hydrogen-bond donors (Lipinski definition) is 0. The molecule has 6 atom stereocenters. The lowest BCUT2D eigenvalue weighted by molar-refractivity contribution is -0.0484. The molecule has 15 rings (SSSR count). The number of likely N-dealkylation sites (N-methyl/N-ethyl adjacent to an activating group) is 3. The van der Waals surface area contributed by atoms with Crippen LogP contribution in [0.2, 0.25) is 0 Å². The Bertz CT molecular complexity index is 4040. The summed E-state index contributed by atoms with van der Waals surface area (Å²) >= 11 is 0. The molecule has 6 fully saturated rings. The van der Waals surface area contributed by atoms with Gasteiger partial charge in [0, 0.05) is 166 Å². The summed E-state index contributed by atoms with van der Waals surface area (Å²) in [6, 6.07) is 25.9. The Morgan fingerprint density at radius 3 is 0.635 bits per heavy atom. The Morgan fingerprint density at radius 1 is 0.286 bits per heavy atom. The first-order valence-corrected chi connectivity index (χ1v) is 46.0. The van der Waals surface area contributed by atoms with E-state index in [1.807, 2.05) is 74.8 Å². The highest BCUT2D eigenvalue weighted by Gasteiger charge is 2.40. The van der Waals surface area contributed by atoms with Gasteiger partial charge in [0.25, 0.3) is 0 Å². The summed E-state index contributed by atoms with van der Waals surface area (Å²) in [5, 5.41) is 0. The minimum Gasteiger partial charge on any atom is -0.373 e. The molecule has 15 heterocycles. The molecule has 0 saturated carbocycles. The Labute approximate surface area is 755 Å². The van der Waals surface area contributed by atoms with Crippen molar-refractivity contribution in [1.29, 1.82) is 0 Å². The van der Waals surface area contributed by atoms with Gasteiger partial charge in [-0.3, -0.25) is 29.9 Å². The minimum absolute atomic E-state index is 0.0178. The molecular weight excluding hydrogens is 1580 g/mol. The monoisotopic (exact) mass is 1730 g/mol. The maximum atomic E-state index is 6.01. The molecule has 126 heavy (non-hydrogen) atoms. The van der Waals surface area contributed by atoms with Gasteiger partial charge >= 0.3 is 0 Å². The van der Waals surface area contributed by atoms with Crippen LogP contribution in [0.4, 0.5) is 34.1 Å². The molecule has 0 aliphatic carbocycles. The molecule has 0 spiro atoms. The maximum absolute atomic E-state index is 6.01. The number of pyridine rings is 6. The number of imidazole rings is 3. The zero-order valence-electron chi connectivity index (χ0n) is 80.7. The SMILES string of the molecule is CC(C)c1ccc(N2CCOC(C(C)(C)N(C)C)C2)cn1.CC(C)c1ccc(N2CCOC(Cn3ccnc3)C2)cn1.CC(C)c1ccc(N2CCO[C@@H](C(C)(C)N(C)C)C2)cn1.CC(C)c1ccc(N2CCO[C@@H](Cn3ccnc3)C2)cn1.CC(C)c1ccc(N2CCO[C@H](C(C)(C)N(C)C)C2)cn1.CC(C)c1ccc(N2CCO[C@H](Cn3ccnc3)C2)cn1. The second-order valence-electron chi connectivity index (χ2n) is 38.2. The third-order valence-corrected chi connectivity index (χ3v) is 25.7. The molecule has 6 saturated heterocycles. The highest BCUT2D eigenvalue weighted by atomic mass is 16.5. The van der Waals surface area contributed by atoms with Crippen molar-refractivity contribution in [3.05, 3.63) is 200 Å². The predicted octanol–water partition coefficient (Wildman–Crippen LogP) is 15.2. The average Bonchev–Trinajstić information content (AvgIpc) is 1.01. The predicted molar refractivity (Wildman–Crippen MR) is 512 cm³/mol. The third-order valence-electron chi connectivity index (χ3n) is 25.7. The van der Waals surface area contributed by atoms with Gasteiger partial charge in [-0.15, -0.1) is 0 Å². The van der Waals surface area contributed by atoms with E-state index >= 15 is 0 Å². The van der Waals surface area contributed by atoms with Gasteiger partial charge < -0.3 is 86.2 Å². The number of ether oxygens (including phenoxy) is 6. The number of rotatable bonds is 24. The molecule has 0 amide bonds. The van der Waals surface area contributed by atoms with Crippen LogP contribution in [-0.2, 0) is 48.1 Å². The van der Waals surface area contributed by atoms with E-state index in [0.29, 0.717) is 35.5 Å². The lowest BCUT2D eigenvalue weighted by atomic mass is 9.94. The zero-order valence-corrected chi connectivity index (χ0v) is 80.7. The van der Waals surface area contributed by atoms with E-state index in [-0.39, 0.29) is 53.2 Å². The standard InChI is InChI=1S/3C17H29N3O.3C16H22N4O/c3*1-13(2)15-8-7-14(11-18-15)20-9-10-21-16(12-20)17(3,4)19(5)6;3*1-13(2)16-4-3-14(9-18-16)20-7-8-21-15(11-20)10-19-6-5-17-12-19/h3*7-8,11,13,16H,9-10,12H2,1-6H3;3*3-6,9,12-13,15H,7-8,10-11H2,1-2H3/t2*16-;;2*15-;/m10.10./s1. The first kappa shape index (κ1) is 99.1. The van der Waals surface area contributed by atoms with Crippen LogP contribution in [0.3, 0.4) is 0 Å². The molecule has 6 aliphatic heterocycles. The number of hydrogen-bond acceptors (Lipinski definition) is 24.